The van der Waals surface area contributed by atoms with Crippen LogP contribution in [0.3, 0.4) is 0 Å². The zero-order valence-corrected chi connectivity index (χ0v) is 82.9. The van der Waals surface area contributed by atoms with Crippen LogP contribution < -0.4 is 57.1 Å². The average Bonchev–Trinajstić information content (AvgIpc) is 0.799. The van der Waals surface area contributed by atoms with Gasteiger partial charge in [-0.05, 0) is 138 Å². The monoisotopic (exact) mass is 2070 g/mol. The van der Waals surface area contributed by atoms with Gasteiger partial charge in [0.25, 0.3) is 0 Å². The minimum absolute atomic E-state index is 0.00960. The maximum atomic E-state index is 13.5. The van der Waals surface area contributed by atoms with E-state index in [0.717, 1.165) is 75.9 Å². The van der Waals surface area contributed by atoms with Crippen molar-refractivity contribution in [2.24, 2.45) is 0 Å². The summed E-state index contributed by atoms with van der Waals surface area (Å²) in [4.78, 5) is 255. The SMILES string of the molecule is CCN1CCN(C(=O)NC(C(=O)C[C@H]2Cc3cc(C)cc(C(=O)O)c3OB2O)c2csc(N)n2)C(=O)C1=O.CCN1CCN(C(=O)NC(C(=O)C[C@H]2Cc3cc(C)cc(C(=O)O)c3OB2O)c2csc(N)n2)C(=O)C1=O.CCN1CCN(C(=O)N[C@H](C(=O)C[C@H]2Cc3cccc(C)c3OB2O)c2csc(N)n2)C(=O)C1=O.CCN1CCN(C(=O)N[C@H](Cc2cnc[nH]2)C(=O)C[C@H]2Cc3cccc(C)c3OB2O)C(=O)C1=O. The number of ketones is 4. The molecule has 55 heteroatoms. The molecular weight excluding hydrogens is 1960 g/mol. The Hall–Kier alpha value is -15.1. The van der Waals surface area contributed by atoms with E-state index in [0.29, 0.717) is 78.5 Å². The van der Waals surface area contributed by atoms with Crippen LogP contribution in [0.2, 0.25) is 23.3 Å². The summed E-state index contributed by atoms with van der Waals surface area (Å²) in [6.45, 7) is 16.3. The summed E-state index contributed by atoms with van der Waals surface area (Å²) in [7, 11) is -5.33. The molecule has 16 rings (SSSR count). The second-order valence-corrected chi connectivity index (χ2v) is 38.2. The number of nitrogens with zero attached hydrogens (tertiary/aromatic N) is 12. The van der Waals surface area contributed by atoms with Gasteiger partial charge in [-0.3, -0.25) is 77.1 Å². The molecule has 4 aromatic carbocycles. The number of urea groups is 4. The Morgan fingerprint density at radius 1 is 0.411 bits per heavy atom. The summed E-state index contributed by atoms with van der Waals surface area (Å²) in [6.07, 6.45) is 3.56. The first-order valence-corrected chi connectivity index (χ1v) is 49.3. The molecule has 8 atom stereocenters. The summed E-state index contributed by atoms with van der Waals surface area (Å²) >= 11 is 3.21. The quantitative estimate of drug-likeness (QED) is 0.0260. The lowest BCUT2D eigenvalue weighted by atomic mass is 9.64. The Labute approximate surface area is 847 Å². The standard InChI is InChI=1S/2C23H26BN5O8S.C23H28BN5O6.C22H26BN5O6S/c2*1-3-28-4-5-29(20(32)19(28)31)23(35)27-17(15-10-38-22(25)26-15)16(30)9-13-8-12-6-11(2)7-14(21(33)34)18(12)37-24(13)36;1-3-28-7-8-29(22(32)21(28)31)23(33)27-18(11-17-12-25-13-26-17)19(30)10-16-9-15-6-4-5-14(2)20(15)35-24(16)34;1-3-27-7-8-28(20(31)19(27)30)22(32)26-17(15-11-35-21(24)25-15)16(29)10-14-9-13-6-4-5-12(2)18(13)34-23(14)33/h2*6-7,10,13,17,36H,3-5,8-9H2,1-2H3,(H2,25,26)(H,27,35)(H,33,34);4-6,12-13,16,18,34H,3,7-11H2,1-2H3,(H,25,26)(H,27,33);4-6,11,14,17,33H,3,7-10H2,1-2H3,(H2,24,25)(H,26,32)/t2*13-,17?;16-,18-;14-,17+/m1111/s1. The van der Waals surface area contributed by atoms with Gasteiger partial charge in [0.2, 0.25) is 0 Å². The molecule has 4 fully saturated rings. The smallest absolute Gasteiger partial charge is 0.526 e. The number of benzene rings is 4. The molecule has 8 aliphatic rings. The van der Waals surface area contributed by atoms with Crippen LogP contribution in [0.15, 0.2) is 89.3 Å². The molecular formula is C91H106B4N20O28S3. The van der Waals surface area contributed by atoms with Crippen LogP contribution in [0.4, 0.5) is 34.6 Å². The number of fused-ring (bicyclic) bond motifs is 4. The average molecular weight is 2070 g/mol. The summed E-state index contributed by atoms with van der Waals surface area (Å²) in [5.74, 6) is -12.5. The lowest BCUT2D eigenvalue weighted by Crippen LogP contribution is -2.60. The fourth-order valence-corrected chi connectivity index (χ4v) is 19.7. The van der Waals surface area contributed by atoms with Crippen molar-refractivity contribution < 1.29 is 135 Å². The van der Waals surface area contributed by atoms with Gasteiger partial charge in [-0.1, -0.05) is 48.5 Å². The van der Waals surface area contributed by atoms with Gasteiger partial charge in [0.15, 0.2) is 38.5 Å². The highest BCUT2D eigenvalue weighted by Crippen LogP contribution is 2.43. The van der Waals surface area contributed by atoms with Crippen molar-refractivity contribution in [2.75, 3.05) is 95.7 Å². The second kappa shape index (κ2) is 47.2. The van der Waals surface area contributed by atoms with Gasteiger partial charge in [0.05, 0.1) is 29.5 Å². The van der Waals surface area contributed by atoms with Crippen LogP contribution in [0.1, 0.15) is 160 Å². The van der Waals surface area contributed by atoms with Gasteiger partial charge < -0.3 is 112 Å². The highest BCUT2D eigenvalue weighted by atomic mass is 32.1. The molecule has 0 aliphatic carbocycles. The Morgan fingerprint density at radius 3 is 0.986 bits per heavy atom. The van der Waals surface area contributed by atoms with Crippen molar-refractivity contribution in [3.63, 3.8) is 0 Å². The number of aryl methyl sites for hydroxylation is 4. The lowest BCUT2D eigenvalue weighted by molar-refractivity contribution is -0.153. The topological polar surface area (TPSA) is 685 Å². The number of anilines is 3. The molecule has 8 aliphatic heterocycles. The Balaban J connectivity index is 0.000000163. The second-order valence-electron chi connectivity index (χ2n) is 35.5. The van der Waals surface area contributed by atoms with Gasteiger partial charge in [-0.25, -0.2) is 48.7 Å². The summed E-state index contributed by atoms with van der Waals surface area (Å²) in [6, 6.07) is 9.25. The van der Waals surface area contributed by atoms with E-state index in [1.54, 1.807) is 65.3 Å². The van der Waals surface area contributed by atoms with E-state index in [1.807, 2.05) is 50.2 Å². The Morgan fingerprint density at radius 2 is 0.705 bits per heavy atom. The number of aromatic amines is 1. The number of para-hydroxylation sites is 2. The van der Waals surface area contributed by atoms with E-state index in [4.69, 9.17) is 35.8 Å². The number of imide groups is 4. The highest BCUT2D eigenvalue weighted by Gasteiger charge is 2.49. The van der Waals surface area contributed by atoms with Crippen molar-refractivity contribution in [1.82, 2.24) is 85.4 Å². The minimum Gasteiger partial charge on any atom is -0.536 e. The minimum atomic E-state index is -1.48. The van der Waals surface area contributed by atoms with Crippen molar-refractivity contribution in [2.45, 2.75) is 161 Å². The molecule has 0 radical (unpaired) electrons. The first-order valence-electron chi connectivity index (χ1n) is 46.6. The number of imidazole rings is 1. The number of hydrogen-bond donors (Lipinski definition) is 14. The number of nitrogens with two attached hydrogens (primary N) is 3. The van der Waals surface area contributed by atoms with Gasteiger partial charge >= 0.3 is 112 Å². The molecule has 146 heavy (non-hydrogen) atoms. The van der Waals surface area contributed by atoms with Gasteiger partial charge in [-0.2, -0.15) is 0 Å². The van der Waals surface area contributed by atoms with Crippen LogP contribution in [0.25, 0.3) is 0 Å². The highest BCUT2D eigenvalue weighted by molar-refractivity contribution is 7.14. The van der Waals surface area contributed by atoms with Crippen molar-refractivity contribution in [1.29, 1.82) is 0 Å². The first-order chi connectivity index (χ1) is 69.5. The largest absolute Gasteiger partial charge is 0.536 e. The van der Waals surface area contributed by atoms with Gasteiger partial charge in [0.1, 0.15) is 52.3 Å². The van der Waals surface area contributed by atoms with E-state index < -0.39 is 177 Å². The van der Waals surface area contributed by atoms with Crippen LogP contribution >= 0.6 is 34.0 Å². The molecule has 12 heterocycles. The first kappa shape index (κ1) is 108. The van der Waals surface area contributed by atoms with Gasteiger partial charge in [-0.15, -0.1) is 34.0 Å². The number of thiazole rings is 3. The zero-order chi connectivity index (χ0) is 106. The molecule has 48 nitrogen and oxygen atoms in total. The summed E-state index contributed by atoms with van der Waals surface area (Å²) in [5.41, 5.74) is 24.1. The number of nitrogens with one attached hydrogen (secondary N) is 5. The molecule has 768 valence electrons. The molecule has 8 aromatic rings. The van der Waals surface area contributed by atoms with E-state index in [2.05, 4.69) is 46.2 Å². The normalized spacial score (nSPS) is 18.4. The molecule has 4 saturated heterocycles. The number of carboxylic acids is 2. The van der Waals surface area contributed by atoms with Crippen LogP contribution in [-0.2, 0) is 89.6 Å². The van der Waals surface area contributed by atoms with Crippen LogP contribution in [0, 0.1) is 27.7 Å². The fourth-order valence-electron chi connectivity index (χ4n) is 17.9. The molecule has 4 aromatic heterocycles. The van der Waals surface area contributed by atoms with Gasteiger partial charge in [0, 0.05) is 162 Å². The number of nitrogen functional groups attached to an aromatic ring is 3. The zero-order valence-electron chi connectivity index (χ0n) is 80.4. The number of Topliss-reactive ketones (excluding diaryl/α,β-unsaturated/α-hetero) is 4. The predicted octanol–water partition coefficient (Wildman–Crippen LogP) is 2.63. The predicted molar refractivity (Wildman–Crippen MR) is 525 cm³/mol. The number of carbonyl (C=O) groups is 18. The van der Waals surface area contributed by atoms with Crippen LogP contribution in [0.5, 0.6) is 23.0 Å². The number of carbonyl (C=O) groups excluding carboxylic acids is 16. The molecule has 0 saturated carbocycles. The van der Waals surface area contributed by atoms with E-state index in [9.17, 15) is 117 Å². The molecule has 0 bridgehead atoms. The van der Waals surface area contributed by atoms with E-state index >= 15 is 0 Å². The summed E-state index contributed by atoms with van der Waals surface area (Å²) < 4.78 is 22.4. The Bertz CT molecular complexity index is 6230. The number of H-pyrrole nitrogens is 1. The Kier molecular flexibility index (Phi) is 35.0. The van der Waals surface area contributed by atoms with Crippen molar-refractivity contribution in [3.8, 4) is 23.0 Å². The molecule has 17 N–H and O–H groups in total. The number of carboxylic acid groups (broad SMARTS) is 2. The number of aromatic carboxylic acids is 2. The third-order valence-electron chi connectivity index (χ3n) is 25.7. The lowest BCUT2D eigenvalue weighted by Gasteiger charge is -2.33. The number of amides is 16. The van der Waals surface area contributed by atoms with Crippen LogP contribution in [-0.4, -0.2) is 314 Å². The third-order valence-corrected chi connectivity index (χ3v) is 27.8. The summed E-state index contributed by atoms with van der Waals surface area (Å²) in [5, 5.41) is 76.5. The third kappa shape index (κ3) is 24.9. The molecule has 2 unspecified atom stereocenters. The van der Waals surface area contributed by atoms with Crippen molar-refractivity contribution >= 4 is 184 Å². The van der Waals surface area contributed by atoms with E-state index in [-0.39, 0.29) is 158 Å². The molecule has 16 amide bonds. The van der Waals surface area contributed by atoms with E-state index in [1.165, 1.54) is 48.8 Å². The maximum Gasteiger partial charge on any atom is 0.526 e. The number of rotatable bonds is 27. The number of piperazine rings is 4. The number of likely N-dealkylation sites (N-methyl/N-ethyl adjacent to an activating group) is 4. The molecule has 0 spiro atoms. The fraction of sp³-hybridized carbons (Fsp3) is 0.407. The maximum absolute atomic E-state index is 13.5. The number of aromatic nitrogens is 5. The number of hydrogen-bond acceptors (Lipinski definition) is 36. The van der Waals surface area contributed by atoms with Crippen molar-refractivity contribution in [3.05, 3.63) is 168 Å².